The van der Waals surface area contributed by atoms with Crippen LogP contribution in [-0.2, 0) is 9.47 Å². The summed E-state index contributed by atoms with van der Waals surface area (Å²) < 4.78 is 20.9. The third kappa shape index (κ3) is 1.52. The molecule has 0 spiro atoms. The molecule has 1 aliphatic rings. The van der Waals surface area contributed by atoms with Crippen molar-refractivity contribution in [2.75, 3.05) is 6.61 Å². The third-order valence-corrected chi connectivity index (χ3v) is 1.40. The molecular weight excluding hydrogens is 146 g/mol. The molecule has 9 heavy (non-hydrogen) atoms. The summed E-state index contributed by atoms with van der Waals surface area (Å²) in [6, 6.07) is 0. The largest absolute Gasteiger partial charge is 0.508 e. The molecule has 1 rings (SSSR count). The van der Waals surface area contributed by atoms with Crippen LogP contribution in [0.2, 0.25) is 0 Å². The van der Waals surface area contributed by atoms with Gasteiger partial charge in [-0.3, -0.25) is 0 Å². The van der Waals surface area contributed by atoms with Gasteiger partial charge in [0, 0.05) is 0 Å². The van der Waals surface area contributed by atoms with E-state index >= 15 is 0 Å². The van der Waals surface area contributed by atoms with E-state index in [1.807, 2.05) is 9.24 Å². The van der Waals surface area contributed by atoms with Crippen molar-refractivity contribution in [1.82, 2.24) is 0 Å². The molecule has 0 aliphatic carbocycles. The highest BCUT2D eigenvalue weighted by atomic mass is 31.0. The molecule has 0 aromatic rings. The molecule has 0 aromatic carbocycles. The second-order valence-electron chi connectivity index (χ2n) is 1.66. The smallest absolute Gasteiger partial charge is 0.430 e. The Balaban J connectivity index is 2.39. The molecule has 3 atom stereocenters. The number of alkyl halides is 1. The lowest BCUT2D eigenvalue weighted by molar-refractivity contribution is 0.104. The van der Waals surface area contributed by atoms with E-state index in [2.05, 4.69) is 9.47 Å². The molecule has 0 bridgehead atoms. The lowest BCUT2D eigenvalue weighted by Gasteiger charge is -2.04. The van der Waals surface area contributed by atoms with Gasteiger partial charge in [-0.15, -0.1) is 0 Å². The minimum Gasteiger partial charge on any atom is -0.430 e. The fraction of sp³-hybridized carbons (Fsp3) is 0.750. The highest BCUT2D eigenvalue weighted by molar-refractivity contribution is 7.17. The molecule has 5 heteroatoms. The average molecular weight is 152 g/mol. The van der Waals surface area contributed by atoms with Gasteiger partial charge in [-0.2, -0.15) is 0 Å². The van der Waals surface area contributed by atoms with E-state index in [9.17, 15) is 9.18 Å². The van der Waals surface area contributed by atoms with Crippen LogP contribution in [0.3, 0.4) is 0 Å². The van der Waals surface area contributed by atoms with Crippen LogP contribution >= 0.6 is 9.24 Å². The van der Waals surface area contributed by atoms with Gasteiger partial charge in [0.05, 0.1) is 0 Å². The number of ether oxygens (including phenoxy) is 2. The number of cyclic esters (lactones) is 2. The molecule has 3 nitrogen and oxygen atoms in total. The zero-order chi connectivity index (χ0) is 6.85. The Morgan fingerprint density at radius 2 is 2.56 bits per heavy atom. The van der Waals surface area contributed by atoms with Gasteiger partial charge in [0.2, 0.25) is 0 Å². The molecule has 52 valence electrons. The highest BCUT2D eigenvalue weighted by Crippen LogP contribution is 2.16. The Hall–Kier alpha value is -0.370. The summed E-state index contributed by atoms with van der Waals surface area (Å²) in [5.41, 5.74) is 0. The molecule has 0 saturated carbocycles. The summed E-state index contributed by atoms with van der Waals surface area (Å²) in [5, 5.41) is 0. The van der Waals surface area contributed by atoms with E-state index in [0.717, 1.165) is 0 Å². The maximum absolute atomic E-state index is 12.2. The van der Waals surface area contributed by atoms with Gasteiger partial charge in [-0.05, 0) is 0 Å². The van der Waals surface area contributed by atoms with Crippen LogP contribution < -0.4 is 0 Å². The Labute approximate surface area is 53.7 Å². The van der Waals surface area contributed by atoms with Gasteiger partial charge in [0.25, 0.3) is 0 Å². The second-order valence-corrected chi connectivity index (χ2v) is 2.30. The van der Waals surface area contributed by atoms with Crippen molar-refractivity contribution in [3.63, 3.8) is 0 Å². The van der Waals surface area contributed by atoms with E-state index in [1.165, 1.54) is 0 Å². The molecule has 0 N–H and O–H groups in total. The maximum atomic E-state index is 12.2. The third-order valence-electron chi connectivity index (χ3n) is 0.968. The van der Waals surface area contributed by atoms with E-state index in [-0.39, 0.29) is 6.61 Å². The minimum atomic E-state index is -1.23. The second kappa shape index (κ2) is 2.48. The van der Waals surface area contributed by atoms with Gasteiger partial charge in [-0.25, -0.2) is 9.18 Å². The zero-order valence-electron chi connectivity index (χ0n) is 4.54. The summed E-state index contributed by atoms with van der Waals surface area (Å²) in [7, 11) is 1.89. The molecule has 0 radical (unpaired) electrons. The number of rotatable bonds is 1. The van der Waals surface area contributed by atoms with Crippen molar-refractivity contribution < 1.29 is 18.7 Å². The SMILES string of the molecule is O=C1OCC(C(F)P)O1. The van der Waals surface area contributed by atoms with Crippen LogP contribution in [0.4, 0.5) is 9.18 Å². The first-order valence-electron chi connectivity index (χ1n) is 2.43. The lowest BCUT2D eigenvalue weighted by Crippen LogP contribution is -2.18. The van der Waals surface area contributed by atoms with Gasteiger partial charge in [0.1, 0.15) is 6.61 Å². The quantitative estimate of drug-likeness (QED) is 0.409. The zero-order valence-corrected chi connectivity index (χ0v) is 5.70. The van der Waals surface area contributed by atoms with Gasteiger partial charge < -0.3 is 9.47 Å². The van der Waals surface area contributed by atoms with Crippen molar-refractivity contribution in [3.8, 4) is 0 Å². The predicted molar refractivity (Wildman–Crippen MR) is 30.8 cm³/mol. The highest BCUT2D eigenvalue weighted by Gasteiger charge is 2.29. The summed E-state index contributed by atoms with van der Waals surface area (Å²) >= 11 is 0. The van der Waals surface area contributed by atoms with Crippen molar-refractivity contribution in [1.29, 1.82) is 0 Å². The topological polar surface area (TPSA) is 35.5 Å². The normalized spacial score (nSPS) is 29.1. The van der Waals surface area contributed by atoms with E-state index < -0.39 is 18.2 Å². The van der Waals surface area contributed by atoms with E-state index in [0.29, 0.717) is 0 Å². The molecule has 1 saturated heterocycles. The molecule has 1 heterocycles. The van der Waals surface area contributed by atoms with Crippen LogP contribution in [0, 0.1) is 0 Å². The number of hydrogen-bond acceptors (Lipinski definition) is 3. The summed E-state index contributed by atoms with van der Waals surface area (Å²) in [4.78, 5) is 10.1. The molecule has 1 aliphatic heterocycles. The monoisotopic (exact) mass is 152 g/mol. The van der Waals surface area contributed by atoms with Crippen LogP contribution in [0.5, 0.6) is 0 Å². The molecule has 1 fully saturated rings. The van der Waals surface area contributed by atoms with E-state index in [4.69, 9.17) is 0 Å². The van der Waals surface area contributed by atoms with Gasteiger partial charge >= 0.3 is 6.16 Å². The van der Waals surface area contributed by atoms with Crippen molar-refractivity contribution in [3.05, 3.63) is 0 Å². The molecule has 3 unspecified atom stereocenters. The molecule has 0 amide bonds. The first-order valence-corrected chi connectivity index (χ1v) is 3.10. The fourth-order valence-electron chi connectivity index (χ4n) is 0.499. The number of carbonyl (C=O) groups is 1. The number of hydrogen-bond donors (Lipinski definition) is 0. The first-order chi connectivity index (χ1) is 4.20. The summed E-state index contributed by atoms with van der Waals surface area (Å²) in [6.45, 7) is 0.0174. The summed E-state index contributed by atoms with van der Waals surface area (Å²) in [6.07, 6.45) is -1.52. The first kappa shape index (κ1) is 6.75. The predicted octanol–water partition coefficient (Wildman–Crippen LogP) is 0.692. The fourth-order valence-corrected chi connectivity index (χ4v) is 0.688. The van der Waals surface area contributed by atoms with Gasteiger partial charge in [-0.1, -0.05) is 9.24 Å². The Morgan fingerprint density at radius 1 is 1.89 bits per heavy atom. The Kier molecular flexibility index (Phi) is 1.86. The minimum absolute atomic E-state index is 0.0174. The van der Waals surface area contributed by atoms with Crippen LogP contribution in [0.1, 0.15) is 0 Å². The number of halogens is 1. The van der Waals surface area contributed by atoms with Crippen molar-refractivity contribution in [2.24, 2.45) is 0 Å². The average Bonchev–Trinajstić information content (AvgIpc) is 2.14. The van der Waals surface area contributed by atoms with Crippen LogP contribution in [0.25, 0.3) is 0 Å². The van der Waals surface area contributed by atoms with Crippen molar-refractivity contribution in [2.45, 2.75) is 12.0 Å². The standard InChI is InChI=1S/C4H6FO3P/c5-3(9)2-1-7-4(6)8-2/h2-3H,1,9H2. The summed E-state index contributed by atoms with van der Waals surface area (Å²) in [5.74, 6) is -1.23. The van der Waals surface area contributed by atoms with Crippen LogP contribution in [-0.4, -0.2) is 24.8 Å². The van der Waals surface area contributed by atoms with Crippen molar-refractivity contribution >= 4 is 15.4 Å². The number of carbonyl (C=O) groups excluding carboxylic acids is 1. The van der Waals surface area contributed by atoms with Gasteiger partial charge in [0.15, 0.2) is 12.0 Å². The molecule has 0 aromatic heterocycles. The van der Waals surface area contributed by atoms with Crippen LogP contribution in [0.15, 0.2) is 0 Å². The maximum Gasteiger partial charge on any atom is 0.508 e. The Bertz CT molecular complexity index is 127. The van der Waals surface area contributed by atoms with E-state index in [1.54, 1.807) is 0 Å². The lowest BCUT2D eigenvalue weighted by atomic mass is 10.4. The molecular formula is C4H6FO3P. The Morgan fingerprint density at radius 3 is 2.78 bits per heavy atom.